The molecule has 0 saturated carbocycles. The Morgan fingerprint density at radius 3 is 2.50 bits per heavy atom. The van der Waals surface area contributed by atoms with E-state index in [1.165, 1.54) is 4.31 Å². The number of benzene rings is 1. The summed E-state index contributed by atoms with van der Waals surface area (Å²) in [4.78, 5) is 19.7. The molecule has 8 nitrogen and oxygen atoms in total. The summed E-state index contributed by atoms with van der Waals surface area (Å²) < 4.78 is 32.8. The van der Waals surface area contributed by atoms with Gasteiger partial charge in [0.25, 0.3) is 0 Å². The summed E-state index contributed by atoms with van der Waals surface area (Å²) in [5.41, 5.74) is 4.15. The van der Waals surface area contributed by atoms with Crippen LogP contribution < -0.4 is 0 Å². The second-order valence-electron chi connectivity index (χ2n) is 8.29. The van der Waals surface area contributed by atoms with Crippen molar-refractivity contribution < 1.29 is 17.7 Å². The van der Waals surface area contributed by atoms with Gasteiger partial charge in [-0.2, -0.15) is 4.31 Å². The van der Waals surface area contributed by atoms with Crippen LogP contribution in [0, 0.1) is 27.7 Å². The highest BCUT2D eigenvalue weighted by Crippen LogP contribution is 2.26. The fraction of sp³-hybridized carbons (Fsp3) is 0.435. The van der Waals surface area contributed by atoms with Crippen molar-refractivity contribution in [1.29, 1.82) is 0 Å². The lowest BCUT2D eigenvalue weighted by Gasteiger charge is -2.23. The number of para-hydroxylation sites is 1. The average Bonchev–Trinajstić information content (AvgIpc) is 2.95. The highest BCUT2D eigenvalue weighted by Gasteiger charge is 2.33. The second kappa shape index (κ2) is 8.63. The quantitative estimate of drug-likeness (QED) is 0.599. The van der Waals surface area contributed by atoms with Gasteiger partial charge in [-0.25, -0.2) is 8.42 Å². The largest absolute Gasteiger partial charge is 0.360 e. The summed E-state index contributed by atoms with van der Waals surface area (Å²) in [6.45, 7) is 8.65. The first-order valence-electron chi connectivity index (χ1n) is 10.8. The lowest BCUT2D eigenvalue weighted by Crippen LogP contribution is -2.38. The van der Waals surface area contributed by atoms with Crippen LogP contribution in [0.5, 0.6) is 0 Å². The normalized spacial score (nSPS) is 15.8. The van der Waals surface area contributed by atoms with Crippen LogP contribution in [0.15, 0.2) is 33.7 Å². The Kier molecular flexibility index (Phi) is 6.05. The number of rotatable bonds is 4. The number of hydrogen-bond acceptors (Lipinski definition) is 6. The van der Waals surface area contributed by atoms with E-state index in [4.69, 9.17) is 4.52 Å². The Morgan fingerprint density at radius 2 is 1.78 bits per heavy atom. The van der Waals surface area contributed by atoms with E-state index in [0.29, 0.717) is 31.7 Å². The molecule has 170 valence electrons. The molecule has 1 aromatic carbocycles. The van der Waals surface area contributed by atoms with Gasteiger partial charge in [-0.05, 0) is 51.3 Å². The molecule has 0 aliphatic carbocycles. The maximum Gasteiger partial charge on any atom is 0.248 e. The molecule has 9 heteroatoms. The Labute approximate surface area is 188 Å². The monoisotopic (exact) mass is 456 g/mol. The third-order valence-corrected chi connectivity index (χ3v) is 8.33. The van der Waals surface area contributed by atoms with Gasteiger partial charge in [0, 0.05) is 37.3 Å². The fourth-order valence-corrected chi connectivity index (χ4v) is 6.21. The number of fused-ring (bicyclic) bond motifs is 1. The molecule has 1 amide bonds. The zero-order valence-electron chi connectivity index (χ0n) is 18.9. The topological polar surface area (TPSA) is 96.6 Å². The van der Waals surface area contributed by atoms with Gasteiger partial charge in [0.1, 0.15) is 10.6 Å². The minimum absolute atomic E-state index is 0.00938. The van der Waals surface area contributed by atoms with Crippen LogP contribution in [0.25, 0.3) is 10.9 Å². The summed E-state index contributed by atoms with van der Waals surface area (Å²) in [6, 6.07) is 7.93. The molecule has 0 unspecified atom stereocenters. The fourth-order valence-electron chi connectivity index (χ4n) is 4.45. The van der Waals surface area contributed by atoms with Crippen molar-refractivity contribution in [3.63, 3.8) is 0 Å². The molecule has 0 N–H and O–H groups in total. The molecule has 0 bridgehead atoms. The molecule has 4 rings (SSSR count). The molecule has 3 heterocycles. The van der Waals surface area contributed by atoms with Crippen molar-refractivity contribution in [1.82, 2.24) is 19.3 Å². The number of pyridine rings is 1. The minimum atomic E-state index is -3.72. The van der Waals surface area contributed by atoms with Gasteiger partial charge < -0.3 is 9.42 Å². The molecule has 32 heavy (non-hydrogen) atoms. The van der Waals surface area contributed by atoms with Crippen LogP contribution in [0.1, 0.15) is 34.7 Å². The SMILES string of the molecule is Cc1nc2ccccc2c(C)c1CC(=O)N1CCCN(S(=O)(=O)c2c(C)noc2C)CC1. The number of amides is 1. The standard InChI is InChI=1S/C23H28N4O4S/c1-15-19-8-5-6-9-21(19)24-16(2)20(15)14-22(28)26-10-7-11-27(13-12-26)32(29,30)23-17(3)25-31-18(23)4/h5-6,8-9H,7,10-14H2,1-4H3. The van der Waals surface area contributed by atoms with Crippen LogP contribution in [-0.2, 0) is 21.2 Å². The Morgan fingerprint density at radius 1 is 1.03 bits per heavy atom. The summed E-state index contributed by atoms with van der Waals surface area (Å²) in [5, 5.41) is 4.83. The maximum atomic E-state index is 13.2. The number of sulfonamides is 1. The zero-order valence-corrected chi connectivity index (χ0v) is 19.7. The summed E-state index contributed by atoms with van der Waals surface area (Å²) in [7, 11) is -3.72. The van der Waals surface area contributed by atoms with Gasteiger partial charge >= 0.3 is 0 Å². The van der Waals surface area contributed by atoms with Crippen LogP contribution in [0.3, 0.4) is 0 Å². The van der Waals surface area contributed by atoms with E-state index in [-0.39, 0.29) is 29.5 Å². The summed E-state index contributed by atoms with van der Waals surface area (Å²) in [5.74, 6) is 0.277. The molecular weight excluding hydrogens is 428 g/mol. The number of aryl methyl sites for hydroxylation is 4. The molecule has 1 saturated heterocycles. The smallest absolute Gasteiger partial charge is 0.248 e. The van der Waals surface area contributed by atoms with E-state index in [1.807, 2.05) is 38.1 Å². The van der Waals surface area contributed by atoms with E-state index < -0.39 is 10.0 Å². The van der Waals surface area contributed by atoms with E-state index in [2.05, 4.69) is 10.1 Å². The van der Waals surface area contributed by atoms with Gasteiger partial charge in [-0.15, -0.1) is 0 Å². The van der Waals surface area contributed by atoms with Crippen LogP contribution >= 0.6 is 0 Å². The van der Waals surface area contributed by atoms with Crippen LogP contribution in [0.2, 0.25) is 0 Å². The molecule has 2 aromatic heterocycles. The van der Waals surface area contributed by atoms with Crippen molar-refractivity contribution in [2.24, 2.45) is 0 Å². The van der Waals surface area contributed by atoms with Crippen molar-refractivity contribution >= 4 is 26.8 Å². The van der Waals surface area contributed by atoms with Gasteiger partial charge in [0.05, 0.1) is 11.9 Å². The lowest BCUT2D eigenvalue weighted by atomic mass is 9.99. The van der Waals surface area contributed by atoms with Crippen molar-refractivity contribution in [3.8, 4) is 0 Å². The molecule has 3 aromatic rings. The number of carbonyl (C=O) groups excluding carboxylic acids is 1. The van der Waals surface area contributed by atoms with E-state index in [1.54, 1.807) is 18.7 Å². The molecule has 1 aliphatic heterocycles. The number of nitrogens with zero attached hydrogens (tertiary/aromatic N) is 4. The second-order valence-corrected chi connectivity index (χ2v) is 10.2. The Balaban J connectivity index is 1.51. The zero-order chi connectivity index (χ0) is 23.0. The first-order valence-corrected chi connectivity index (χ1v) is 12.2. The third kappa shape index (κ3) is 4.02. The minimum Gasteiger partial charge on any atom is -0.360 e. The van der Waals surface area contributed by atoms with E-state index >= 15 is 0 Å². The lowest BCUT2D eigenvalue weighted by molar-refractivity contribution is -0.130. The maximum absolute atomic E-state index is 13.2. The molecular formula is C23H28N4O4S. The van der Waals surface area contributed by atoms with Gasteiger partial charge in [-0.3, -0.25) is 9.78 Å². The van der Waals surface area contributed by atoms with Crippen molar-refractivity contribution in [2.75, 3.05) is 26.2 Å². The van der Waals surface area contributed by atoms with Gasteiger partial charge in [0.2, 0.25) is 15.9 Å². The molecule has 1 aliphatic rings. The predicted octanol–water partition coefficient (Wildman–Crippen LogP) is 2.92. The van der Waals surface area contributed by atoms with E-state index in [9.17, 15) is 13.2 Å². The van der Waals surface area contributed by atoms with Crippen molar-refractivity contribution in [3.05, 3.63) is 52.5 Å². The van der Waals surface area contributed by atoms with Crippen molar-refractivity contribution in [2.45, 2.75) is 45.4 Å². The number of aromatic nitrogens is 2. The first kappa shape index (κ1) is 22.4. The van der Waals surface area contributed by atoms with Gasteiger partial charge in [0.15, 0.2) is 5.76 Å². The third-order valence-electron chi connectivity index (χ3n) is 6.19. The molecule has 1 fully saturated rings. The highest BCUT2D eigenvalue weighted by molar-refractivity contribution is 7.89. The van der Waals surface area contributed by atoms with E-state index in [0.717, 1.165) is 27.7 Å². The highest BCUT2D eigenvalue weighted by atomic mass is 32.2. The van der Waals surface area contributed by atoms with Crippen LogP contribution in [0.4, 0.5) is 0 Å². The number of hydrogen-bond donors (Lipinski definition) is 0. The summed E-state index contributed by atoms with van der Waals surface area (Å²) >= 11 is 0. The molecule has 0 radical (unpaired) electrons. The Hall–Kier alpha value is -2.78. The first-order chi connectivity index (χ1) is 15.2. The van der Waals surface area contributed by atoms with Crippen LogP contribution in [-0.4, -0.2) is 59.8 Å². The van der Waals surface area contributed by atoms with Gasteiger partial charge in [-0.1, -0.05) is 23.4 Å². The average molecular weight is 457 g/mol. The molecule has 0 atom stereocenters. The number of carbonyl (C=O) groups is 1. The molecule has 0 spiro atoms. The predicted molar refractivity (Wildman–Crippen MR) is 121 cm³/mol. The summed E-state index contributed by atoms with van der Waals surface area (Å²) in [6.07, 6.45) is 0.828. The Bertz CT molecular complexity index is 1260.